The van der Waals surface area contributed by atoms with Gasteiger partial charge >= 0.3 is 0 Å². The zero-order valence-electron chi connectivity index (χ0n) is 12.4. The van der Waals surface area contributed by atoms with Crippen LogP contribution in [0.3, 0.4) is 0 Å². The highest BCUT2D eigenvalue weighted by molar-refractivity contribution is 6.30. The maximum atomic E-state index is 6.09. The van der Waals surface area contributed by atoms with Crippen molar-refractivity contribution in [2.24, 2.45) is 0 Å². The van der Waals surface area contributed by atoms with Gasteiger partial charge in [0.1, 0.15) is 0 Å². The number of anilines is 1. The number of benzene rings is 2. The fraction of sp³-hybridized carbons (Fsp3) is 0.333. The molecular formula is C18H22ClN. The lowest BCUT2D eigenvalue weighted by Gasteiger charge is -2.20. The molecule has 0 aromatic heterocycles. The first kappa shape index (κ1) is 14.9. The molecule has 0 amide bonds. The lowest BCUT2D eigenvalue weighted by atomic mass is 10.0. The molecule has 2 aromatic rings. The van der Waals surface area contributed by atoms with E-state index in [9.17, 15) is 0 Å². The monoisotopic (exact) mass is 287 g/mol. The number of hydrogen-bond acceptors (Lipinski definition) is 1. The van der Waals surface area contributed by atoms with Crippen LogP contribution in [0.5, 0.6) is 0 Å². The lowest BCUT2D eigenvalue weighted by Crippen LogP contribution is -2.09. The molecule has 20 heavy (non-hydrogen) atoms. The second-order valence-electron chi connectivity index (χ2n) is 5.44. The minimum atomic E-state index is 0.288. The molecule has 1 nitrogen and oxygen atoms in total. The highest BCUT2D eigenvalue weighted by atomic mass is 35.5. The Hall–Kier alpha value is -1.47. The summed E-state index contributed by atoms with van der Waals surface area (Å²) in [6.07, 6.45) is 1.02. The van der Waals surface area contributed by atoms with Gasteiger partial charge < -0.3 is 5.32 Å². The van der Waals surface area contributed by atoms with Gasteiger partial charge in [-0.2, -0.15) is 0 Å². The van der Waals surface area contributed by atoms with E-state index in [2.05, 4.69) is 56.4 Å². The van der Waals surface area contributed by atoms with Crippen LogP contribution in [0.25, 0.3) is 0 Å². The Bertz CT molecular complexity index is 563. The van der Waals surface area contributed by atoms with Crippen LogP contribution in [0, 0.1) is 0 Å². The SMILES string of the molecule is CCC(Nc1cccc(C(C)C)c1)c1cccc(Cl)c1. The first-order valence-electron chi connectivity index (χ1n) is 7.22. The quantitative estimate of drug-likeness (QED) is 0.708. The highest BCUT2D eigenvalue weighted by Gasteiger charge is 2.10. The summed E-state index contributed by atoms with van der Waals surface area (Å²) >= 11 is 6.09. The molecule has 2 heteroatoms. The van der Waals surface area contributed by atoms with Crippen LogP contribution < -0.4 is 5.32 Å². The van der Waals surface area contributed by atoms with E-state index in [0.29, 0.717) is 5.92 Å². The van der Waals surface area contributed by atoms with Gasteiger partial charge in [-0.1, -0.05) is 56.6 Å². The normalized spacial score (nSPS) is 12.4. The lowest BCUT2D eigenvalue weighted by molar-refractivity contribution is 0.748. The minimum Gasteiger partial charge on any atom is -0.378 e. The van der Waals surface area contributed by atoms with Crippen molar-refractivity contribution in [2.75, 3.05) is 5.32 Å². The molecule has 106 valence electrons. The fourth-order valence-corrected chi connectivity index (χ4v) is 2.53. The van der Waals surface area contributed by atoms with Gasteiger partial charge in [-0.15, -0.1) is 0 Å². The average molecular weight is 288 g/mol. The van der Waals surface area contributed by atoms with Gasteiger partial charge in [0.25, 0.3) is 0 Å². The summed E-state index contributed by atoms with van der Waals surface area (Å²) in [5, 5.41) is 4.40. The van der Waals surface area contributed by atoms with E-state index in [1.807, 2.05) is 18.2 Å². The summed E-state index contributed by atoms with van der Waals surface area (Å²) in [4.78, 5) is 0. The van der Waals surface area contributed by atoms with E-state index >= 15 is 0 Å². The standard InChI is InChI=1S/C18H22ClN/c1-4-18(15-8-5-9-16(19)11-15)20-17-10-6-7-14(12-17)13(2)3/h5-13,18,20H,4H2,1-3H3. The Balaban J connectivity index is 2.20. The van der Waals surface area contributed by atoms with Crippen molar-refractivity contribution in [3.63, 3.8) is 0 Å². The van der Waals surface area contributed by atoms with Gasteiger partial charge in [-0.25, -0.2) is 0 Å². The molecule has 0 saturated heterocycles. The highest BCUT2D eigenvalue weighted by Crippen LogP contribution is 2.26. The summed E-state index contributed by atoms with van der Waals surface area (Å²) < 4.78 is 0. The van der Waals surface area contributed by atoms with E-state index in [-0.39, 0.29) is 6.04 Å². The van der Waals surface area contributed by atoms with Crippen LogP contribution in [0.1, 0.15) is 50.3 Å². The maximum Gasteiger partial charge on any atom is 0.0511 e. The minimum absolute atomic E-state index is 0.288. The molecule has 0 aliphatic heterocycles. The van der Waals surface area contributed by atoms with Crippen molar-refractivity contribution in [1.82, 2.24) is 0 Å². The van der Waals surface area contributed by atoms with E-state index in [1.54, 1.807) is 0 Å². The van der Waals surface area contributed by atoms with Crippen LogP contribution in [0.4, 0.5) is 5.69 Å². The number of halogens is 1. The van der Waals surface area contributed by atoms with Gasteiger partial charge in [-0.3, -0.25) is 0 Å². The van der Waals surface area contributed by atoms with Crippen LogP contribution in [-0.4, -0.2) is 0 Å². The molecule has 2 aromatic carbocycles. The topological polar surface area (TPSA) is 12.0 Å². The zero-order chi connectivity index (χ0) is 14.5. The Kier molecular flexibility index (Phi) is 5.08. The van der Waals surface area contributed by atoms with Crippen molar-refractivity contribution in [3.8, 4) is 0 Å². The zero-order valence-corrected chi connectivity index (χ0v) is 13.1. The van der Waals surface area contributed by atoms with Crippen LogP contribution in [-0.2, 0) is 0 Å². The molecule has 0 saturated carbocycles. The molecule has 1 unspecified atom stereocenters. The third-order valence-electron chi connectivity index (χ3n) is 3.55. The summed E-state index contributed by atoms with van der Waals surface area (Å²) in [6.45, 7) is 6.62. The third-order valence-corrected chi connectivity index (χ3v) is 3.79. The van der Waals surface area contributed by atoms with E-state index in [4.69, 9.17) is 11.6 Å². The van der Waals surface area contributed by atoms with E-state index < -0.39 is 0 Å². The number of rotatable bonds is 5. The maximum absolute atomic E-state index is 6.09. The molecule has 0 radical (unpaired) electrons. The molecule has 0 fully saturated rings. The first-order valence-corrected chi connectivity index (χ1v) is 7.60. The molecule has 0 aliphatic carbocycles. The van der Waals surface area contributed by atoms with Crippen molar-refractivity contribution >= 4 is 17.3 Å². The largest absolute Gasteiger partial charge is 0.378 e. The van der Waals surface area contributed by atoms with Gasteiger partial charge in [0.05, 0.1) is 6.04 Å². The van der Waals surface area contributed by atoms with Crippen LogP contribution in [0.15, 0.2) is 48.5 Å². The van der Waals surface area contributed by atoms with E-state index in [0.717, 1.165) is 11.4 Å². The van der Waals surface area contributed by atoms with Crippen molar-refractivity contribution in [2.45, 2.75) is 39.2 Å². The Labute approximate surface area is 127 Å². The van der Waals surface area contributed by atoms with Gasteiger partial charge in [0, 0.05) is 10.7 Å². The Morgan fingerprint density at radius 2 is 1.70 bits per heavy atom. The summed E-state index contributed by atoms with van der Waals surface area (Å²) in [6, 6.07) is 17.0. The molecule has 0 heterocycles. The smallest absolute Gasteiger partial charge is 0.0511 e. The Morgan fingerprint density at radius 1 is 1.00 bits per heavy atom. The van der Waals surface area contributed by atoms with E-state index in [1.165, 1.54) is 16.8 Å². The second kappa shape index (κ2) is 6.81. The van der Waals surface area contributed by atoms with Crippen molar-refractivity contribution in [1.29, 1.82) is 0 Å². The predicted molar refractivity (Wildman–Crippen MR) is 88.6 cm³/mol. The fourth-order valence-electron chi connectivity index (χ4n) is 2.33. The number of nitrogens with one attached hydrogen (secondary N) is 1. The number of hydrogen-bond donors (Lipinski definition) is 1. The van der Waals surface area contributed by atoms with Crippen molar-refractivity contribution < 1.29 is 0 Å². The van der Waals surface area contributed by atoms with Gasteiger partial charge in [-0.05, 0) is 47.7 Å². The molecular weight excluding hydrogens is 266 g/mol. The summed E-state index contributed by atoms with van der Waals surface area (Å²) in [7, 11) is 0. The third kappa shape index (κ3) is 3.77. The van der Waals surface area contributed by atoms with Crippen LogP contribution in [0.2, 0.25) is 5.02 Å². The average Bonchev–Trinajstić information content (AvgIpc) is 2.45. The first-order chi connectivity index (χ1) is 9.60. The molecule has 1 N–H and O–H groups in total. The molecule has 2 rings (SSSR count). The molecule has 0 bridgehead atoms. The van der Waals surface area contributed by atoms with Crippen molar-refractivity contribution in [3.05, 3.63) is 64.7 Å². The predicted octanol–water partition coefficient (Wildman–Crippen LogP) is 6.03. The molecule has 0 spiro atoms. The molecule has 1 atom stereocenters. The van der Waals surface area contributed by atoms with Crippen LogP contribution >= 0.6 is 11.6 Å². The van der Waals surface area contributed by atoms with Gasteiger partial charge in [0.15, 0.2) is 0 Å². The second-order valence-corrected chi connectivity index (χ2v) is 5.88. The Morgan fingerprint density at radius 3 is 2.35 bits per heavy atom. The van der Waals surface area contributed by atoms with Gasteiger partial charge in [0.2, 0.25) is 0 Å². The summed E-state index contributed by atoms with van der Waals surface area (Å²) in [5.41, 5.74) is 3.76. The molecule has 0 aliphatic rings. The summed E-state index contributed by atoms with van der Waals surface area (Å²) in [5.74, 6) is 0.544.